The van der Waals surface area contributed by atoms with Gasteiger partial charge >= 0.3 is 10.4 Å². The molecule has 1 aromatic rings. The summed E-state index contributed by atoms with van der Waals surface area (Å²) in [5.74, 6) is 1.35. The van der Waals surface area contributed by atoms with Crippen LogP contribution >= 0.6 is 0 Å². The molecule has 3 rings (SSSR count). The van der Waals surface area contributed by atoms with Crippen molar-refractivity contribution in [3.63, 3.8) is 0 Å². The average molecular weight is 453 g/mol. The Morgan fingerprint density at radius 2 is 2.10 bits per heavy atom. The van der Waals surface area contributed by atoms with E-state index in [1.165, 1.54) is 31.3 Å². The maximum Gasteiger partial charge on any atom is 0.397 e. The summed E-state index contributed by atoms with van der Waals surface area (Å²) in [5, 5.41) is 0. The lowest BCUT2D eigenvalue weighted by molar-refractivity contribution is -0.0587. The van der Waals surface area contributed by atoms with Gasteiger partial charge in [0.25, 0.3) is 0 Å². The molecule has 176 valence electrons. The molecule has 5 nitrogen and oxygen atoms in total. The van der Waals surface area contributed by atoms with Crippen LogP contribution in [0.1, 0.15) is 84.1 Å². The van der Waals surface area contributed by atoms with E-state index in [1.54, 1.807) is 12.5 Å². The van der Waals surface area contributed by atoms with Gasteiger partial charge in [0.1, 0.15) is 0 Å². The molecule has 2 saturated carbocycles. The molecule has 2 fully saturated rings. The highest BCUT2D eigenvalue weighted by atomic mass is 32.3. The number of hydrogen-bond acceptors (Lipinski definition) is 4. The standard InChI is InChI=1S/C25H40O5S/c1-19-7-5-10-23-24(19,3)14-11-20(2)25(23,4)15-12-21(18-30-31(26,27)28)8-6-9-22-13-16-29-17-22/h13,16-17,20-21,23H,1,5-12,14-15,18H2,2-4H3,(H,26,27,28)/t20-,21?,23+,24-,25+/m1/s1. The summed E-state index contributed by atoms with van der Waals surface area (Å²) in [7, 11) is -4.42. The van der Waals surface area contributed by atoms with Crippen LogP contribution in [-0.2, 0) is 21.0 Å². The molecule has 2 aliphatic rings. The molecular formula is C25H40O5S. The molecule has 0 spiro atoms. The van der Waals surface area contributed by atoms with Crippen molar-refractivity contribution in [2.75, 3.05) is 6.61 Å². The predicted molar refractivity (Wildman–Crippen MR) is 123 cm³/mol. The number of fused-ring (bicyclic) bond motifs is 1. The zero-order valence-electron chi connectivity index (χ0n) is 19.4. The maximum absolute atomic E-state index is 11.2. The summed E-state index contributed by atoms with van der Waals surface area (Å²) >= 11 is 0. The molecule has 1 unspecified atom stereocenters. The first kappa shape index (κ1) is 24.5. The third kappa shape index (κ3) is 5.82. The third-order valence-electron chi connectivity index (χ3n) is 8.77. The van der Waals surface area contributed by atoms with E-state index < -0.39 is 10.4 Å². The van der Waals surface area contributed by atoms with E-state index in [0.29, 0.717) is 11.8 Å². The molecule has 0 amide bonds. The molecule has 2 aliphatic carbocycles. The van der Waals surface area contributed by atoms with Gasteiger partial charge in [0.2, 0.25) is 0 Å². The van der Waals surface area contributed by atoms with Gasteiger partial charge in [0, 0.05) is 0 Å². The zero-order chi connectivity index (χ0) is 22.7. The van der Waals surface area contributed by atoms with Crippen LogP contribution in [0.2, 0.25) is 0 Å². The van der Waals surface area contributed by atoms with Crippen LogP contribution in [0.5, 0.6) is 0 Å². The highest BCUT2D eigenvalue weighted by Gasteiger charge is 2.53. The van der Waals surface area contributed by atoms with Gasteiger partial charge in [-0.1, -0.05) is 32.9 Å². The summed E-state index contributed by atoms with van der Waals surface area (Å²) in [6, 6.07) is 1.96. The van der Waals surface area contributed by atoms with Gasteiger partial charge in [-0.15, -0.1) is 0 Å². The van der Waals surface area contributed by atoms with Gasteiger partial charge in [0.05, 0.1) is 19.1 Å². The number of rotatable bonds is 10. The predicted octanol–water partition coefficient (Wildman–Crippen LogP) is 6.62. The first-order valence-corrected chi connectivity index (χ1v) is 13.2. The molecule has 31 heavy (non-hydrogen) atoms. The first-order chi connectivity index (χ1) is 14.5. The molecule has 1 aromatic heterocycles. The van der Waals surface area contributed by atoms with Gasteiger partial charge in [-0.05, 0) is 104 Å². The van der Waals surface area contributed by atoms with Gasteiger partial charge in [-0.25, -0.2) is 4.18 Å². The summed E-state index contributed by atoms with van der Waals surface area (Å²) in [6.07, 6.45) is 14.1. The van der Waals surface area contributed by atoms with Crippen LogP contribution in [0.15, 0.2) is 35.2 Å². The Balaban J connectivity index is 1.67. The van der Waals surface area contributed by atoms with Crippen molar-refractivity contribution in [1.82, 2.24) is 0 Å². The van der Waals surface area contributed by atoms with E-state index in [0.717, 1.165) is 44.1 Å². The summed E-state index contributed by atoms with van der Waals surface area (Å²) in [5.41, 5.74) is 3.01. The Hall–Kier alpha value is -1.11. The van der Waals surface area contributed by atoms with Crippen LogP contribution in [0.4, 0.5) is 0 Å². The van der Waals surface area contributed by atoms with Crippen LogP contribution < -0.4 is 0 Å². The molecule has 0 bridgehead atoms. The van der Waals surface area contributed by atoms with Crippen LogP contribution in [0.3, 0.4) is 0 Å². The zero-order valence-corrected chi connectivity index (χ0v) is 20.3. The molecular weight excluding hydrogens is 412 g/mol. The molecule has 1 heterocycles. The largest absolute Gasteiger partial charge is 0.472 e. The minimum atomic E-state index is -4.42. The molecule has 0 saturated heterocycles. The fourth-order valence-corrected chi connectivity index (χ4v) is 6.79. The highest BCUT2D eigenvalue weighted by molar-refractivity contribution is 7.80. The average Bonchev–Trinajstić information content (AvgIpc) is 3.21. The van der Waals surface area contributed by atoms with Gasteiger partial charge in [-0.2, -0.15) is 8.42 Å². The van der Waals surface area contributed by atoms with Gasteiger partial charge in [0.15, 0.2) is 0 Å². The van der Waals surface area contributed by atoms with E-state index >= 15 is 0 Å². The van der Waals surface area contributed by atoms with Crippen molar-refractivity contribution in [3.8, 4) is 0 Å². The SMILES string of the molecule is C=C1CCC[C@@H]2[C@@](C)(CCC(CCCc3ccoc3)COS(=O)(=O)O)[C@H](C)CC[C@]12C. The van der Waals surface area contributed by atoms with E-state index in [1.807, 2.05) is 6.07 Å². The Morgan fingerprint density at radius 3 is 2.77 bits per heavy atom. The minimum absolute atomic E-state index is 0.0450. The van der Waals surface area contributed by atoms with Crippen molar-refractivity contribution >= 4 is 10.4 Å². The fraction of sp³-hybridized carbons (Fsp3) is 0.760. The number of furan rings is 1. The lowest BCUT2D eigenvalue weighted by atomic mass is 9.46. The smallest absolute Gasteiger partial charge is 0.397 e. The molecule has 0 aromatic carbocycles. The number of hydrogen-bond donors (Lipinski definition) is 1. The van der Waals surface area contributed by atoms with Crippen LogP contribution in [0.25, 0.3) is 0 Å². The Labute approximate surface area is 188 Å². The highest BCUT2D eigenvalue weighted by Crippen LogP contribution is 2.62. The third-order valence-corrected chi connectivity index (χ3v) is 9.20. The Kier molecular flexibility index (Phi) is 7.75. The Bertz CT molecular complexity index is 830. The van der Waals surface area contributed by atoms with Crippen LogP contribution in [-0.4, -0.2) is 19.6 Å². The fourth-order valence-electron chi connectivity index (χ4n) is 6.43. The lowest BCUT2D eigenvalue weighted by Crippen LogP contribution is -2.50. The second-order valence-electron chi connectivity index (χ2n) is 10.6. The normalized spacial score (nSPS) is 32.6. The van der Waals surface area contributed by atoms with Crippen molar-refractivity contribution in [2.24, 2.45) is 28.6 Å². The van der Waals surface area contributed by atoms with E-state index in [-0.39, 0.29) is 23.4 Å². The van der Waals surface area contributed by atoms with Crippen molar-refractivity contribution in [3.05, 3.63) is 36.3 Å². The van der Waals surface area contributed by atoms with Gasteiger partial charge < -0.3 is 4.42 Å². The lowest BCUT2D eigenvalue weighted by Gasteiger charge is -2.59. The monoisotopic (exact) mass is 452 g/mol. The molecule has 5 atom stereocenters. The molecule has 1 N–H and O–H groups in total. The quantitative estimate of drug-likeness (QED) is 0.319. The number of allylic oxidation sites excluding steroid dienone is 1. The second-order valence-corrected chi connectivity index (χ2v) is 11.6. The maximum atomic E-state index is 11.2. The van der Waals surface area contributed by atoms with E-state index in [4.69, 9.17) is 13.2 Å². The van der Waals surface area contributed by atoms with Crippen molar-refractivity contribution < 1.29 is 21.6 Å². The van der Waals surface area contributed by atoms with Crippen LogP contribution in [0, 0.1) is 28.6 Å². The summed E-state index contributed by atoms with van der Waals surface area (Å²) < 4.78 is 41.4. The molecule has 0 radical (unpaired) electrons. The second kappa shape index (κ2) is 9.80. The molecule has 0 aliphatic heterocycles. The summed E-state index contributed by atoms with van der Waals surface area (Å²) in [4.78, 5) is 0. The van der Waals surface area contributed by atoms with Crippen molar-refractivity contribution in [2.45, 2.75) is 85.0 Å². The van der Waals surface area contributed by atoms with Crippen molar-refractivity contribution in [1.29, 1.82) is 0 Å². The van der Waals surface area contributed by atoms with E-state index in [2.05, 4.69) is 27.4 Å². The Morgan fingerprint density at radius 1 is 1.32 bits per heavy atom. The number of aryl methyl sites for hydroxylation is 1. The molecule has 6 heteroatoms. The topological polar surface area (TPSA) is 76.7 Å². The first-order valence-electron chi connectivity index (χ1n) is 11.9. The summed E-state index contributed by atoms with van der Waals surface area (Å²) in [6.45, 7) is 11.8. The minimum Gasteiger partial charge on any atom is -0.472 e. The van der Waals surface area contributed by atoms with Gasteiger partial charge in [-0.3, -0.25) is 4.55 Å². The van der Waals surface area contributed by atoms with E-state index in [9.17, 15) is 8.42 Å².